The van der Waals surface area contributed by atoms with Gasteiger partial charge >= 0.3 is 0 Å². The fourth-order valence-electron chi connectivity index (χ4n) is 1.03. The van der Waals surface area contributed by atoms with E-state index in [1.54, 1.807) is 80.8 Å². The zero-order valence-corrected chi connectivity index (χ0v) is 17.0. The van der Waals surface area contributed by atoms with Gasteiger partial charge in [-0.25, -0.2) is 0 Å². The highest BCUT2D eigenvalue weighted by Gasteiger charge is 1.61. The molecule has 5 aromatic heterocycles. The molecular weight excluding hydrogens is 402 g/mol. The maximum atomic E-state index is 3.78. The normalized spacial score (nSPS) is 8.00. The van der Waals surface area contributed by atoms with E-state index in [2.05, 4.69) is 25.1 Å². The SMILES string of the molecule is c1ccncc1.c1ccsc1.c1cscn1.c1cscn1.c1nncs1. The standard InChI is InChI=1S/C5H5N.C4H4S.2C3H3NS.C2H2N2S/c1-2-4-6-5-3-1;1-2-4-5-3-1;2*1-2-5-3-4-1;1-3-4-2-5-1/h1-5H;1-4H;2*1-3H;1-2H. The summed E-state index contributed by atoms with van der Waals surface area (Å²) >= 11 is 6.41. The van der Waals surface area contributed by atoms with E-state index in [1.807, 2.05) is 51.9 Å². The number of rotatable bonds is 0. The third-order valence-corrected chi connectivity index (χ3v) is 4.07. The predicted molar refractivity (Wildman–Crippen MR) is 113 cm³/mol. The fraction of sp³-hybridized carbons (Fsp3) is 0. The van der Waals surface area contributed by atoms with Crippen LogP contribution in [0.1, 0.15) is 0 Å². The van der Waals surface area contributed by atoms with Crippen molar-refractivity contribution >= 4 is 45.3 Å². The van der Waals surface area contributed by atoms with E-state index in [0.29, 0.717) is 0 Å². The average molecular weight is 420 g/mol. The number of nitrogens with zero attached hydrogens (tertiary/aromatic N) is 5. The van der Waals surface area contributed by atoms with E-state index >= 15 is 0 Å². The number of hydrogen-bond acceptors (Lipinski definition) is 9. The van der Waals surface area contributed by atoms with Crippen LogP contribution in [-0.4, -0.2) is 25.1 Å². The van der Waals surface area contributed by atoms with Crippen molar-refractivity contribution in [3.05, 3.63) is 98.7 Å². The van der Waals surface area contributed by atoms with Crippen molar-refractivity contribution in [2.24, 2.45) is 0 Å². The smallest absolute Gasteiger partial charge is 0.103 e. The van der Waals surface area contributed by atoms with Crippen molar-refractivity contribution in [3.8, 4) is 0 Å². The van der Waals surface area contributed by atoms with Crippen molar-refractivity contribution in [1.29, 1.82) is 0 Å². The molecule has 5 rings (SSSR count). The Bertz CT molecular complexity index is 543. The lowest BCUT2D eigenvalue weighted by Gasteiger charge is -1.70. The van der Waals surface area contributed by atoms with Crippen LogP contribution in [-0.2, 0) is 0 Å². The lowest BCUT2D eigenvalue weighted by Crippen LogP contribution is -1.58. The summed E-state index contributed by atoms with van der Waals surface area (Å²) in [6.45, 7) is 0. The van der Waals surface area contributed by atoms with Gasteiger partial charge in [-0.1, -0.05) is 18.2 Å². The largest absolute Gasteiger partial charge is 0.265 e. The van der Waals surface area contributed by atoms with Crippen LogP contribution in [0.15, 0.2) is 98.7 Å². The maximum absolute atomic E-state index is 3.78. The van der Waals surface area contributed by atoms with Crippen LogP contribution in [0.5, 0.6) is 0 Å². The van der Waals surface area contributed by atoms with Crippen LogP contribution in [0.2, 0.25) is 0 Å². The summed E-state index contributed by atoms with van der Waals surface area (Å²) in [5.74, 6) is 0. The van der Waals surface area contributed by atoms with Gasteiger partial charge in [-0.2, -0.15) is 11.3 Å². The van der Waals surface area contributed by atoms with Crippen LogP contribution in [0.4, 0.5) is 0 Å². The molecule has 0 spiro atoms. The molecule has 5 aromatic rings. The van der Waals surface area contributed by atoms with Crippen LogP contribution in [0.3, 0.4) is 0 Å². The third kappa shape index (κ3) is 16.5. The Balaban J connectivity index is 0.000000163. The van der Waals surface area contributed by atoms with Gasteiger partial charge in [-0.05, 0) is 22.9 Å². The quantitative estimate of drug-likeness (QED) is 0.324. The minimum Gasteiger partial charge on any atom is -0.265 e. The summed E-state index contributed by atoms with van der Waals surface area (Å²) < 4.78 is 0. The van der Waals surface area contributed by atoms with Crippen molar-refractivity contribution in [2.75, 3.05) is 0 Å². The van der Waals surface area contributed by atoms with Crippen molar-refractivity contribution in [2.45, 2.75) is 0 Å². The van der Waals surface area contributed by atoms with Gasteiger partial charge in [0.15, 0.2) is 0 Å². The first kappa shape index (κ1) is 21.7. The molecule has 9 heteroatoms. The number of hydrogen-bond donors (Lipinski definition) is 0. The first-order valence-electron chi connectivity index (χ1n) is 7.15. The zero-order chi connectivity index (χ0) is 18.4. The predicted octanol–water partition coefficient (Wildman–Crippen LogP) is 5.65. The van der Waals surface area contributed by atoms with E-state index in [-0.39, 0.29) is 0 Å². The second-order valence-corrected chi connectivity index (χ2v) is 6.77. The van der Waals surface area contributed by atoms with E-state index < -0.39 is 0 Å². The van der Waals surface area contributed by atoms with Crippen LogP contribution < -0.4 is 0 Å². The van der Waals surface area contributed by atoms with Crippen LogP contribution >= 0.6 is 45.3 Å². The minimum atomic E-state index is 1.49. The summed E-state index contributed by atoms with van der Waals surface area (Å²) in [7, 11) is 0. The molecule has 26 heavy (non-hydrogen) atoms. The van der Waals surface area contributed by atoms with Gasteiger partial charge in [0.1, 0.15) is 11.0 Å². The molecule has 0 unspecified atom stereocenters. The molecule has 0 amide bonds. The van der Waals surface area contributed by atoms with Crippen LogP contribution in [0, 0.1) is 0 Å². The lowest BCUT2D eigenvalue weighted by atomic mass is 10.5. The lowest BCUT2D eigenvalue weighted by molar-refractivity contribution is 1.09. The summed E-state index contributed by atoms with van der Waals surface area (Å²) in [6, 6.07) is 9.75. The molecule has 0 aliphatic carbocycles. The molecule has 0 bridgehead atoms. The third-order valence-electron chi connectivity index (χ3n) is 1.97. The van der Waals surface area contributed by atoms with Gasteiger partial charge in [-0.15, -0.1) is 44.2 Å². The molecule has 0 aliphatic rings. The van der Waals surface area contributed by atoms with Crippen molar-refractivity contribution in [3.63, 3.8) is 0 Å². The monoisotopic (exact) mass is 419 g/mol. The minimum absolute atomic E-state index is 1.49. The average Bonchev–Trinajstić information content (AvgIpc) is 3.56. The molecule has 134 valence electrons. The van der Waals surface area contributed by atoms with E-state index in [1.165, 1.54) is 11.3 Å². The molecular formula is C17H17N5S4. The Labute approximate surface area is 168 Å². The number of thiophene rings is 1. The molecule has 0 aliphatic heterocycles. The molecule has 0 atom stereocenters. The number of pyridine rings is 1. The van der Waals surface area contributed by atoms with Gasteiger partial charge in [-0.3, -0.25) is 15.0 Å². The Kier molecular flexibility index (Phi) is 15.9. The van der Waals surface area contributed by atoms with Gasteiger partial charge in [0.05, 0.1) is 11.0 Å². The Morgan fingerprint density at radius 2 is 0.962 bits per heavy atom. The van der Waals surface area contributed by atoms with Gasteiger partial charge in [0, 0.05) is 35.5 Å². The second kappa shape index (κ2) is 19.0. The first-order chi connectivity index (χ1) is 13.0. The Morgan fingerprint density at radius 1 is 0.385 bits per heavy atom. The highest BCUT2D eigenvalue weighted by Crippen LogP contribution is 1.91. The highest BCUT2D eigenvalue weighted by atomic mass is 32.1. The summed E-state index contributed by atoms with van der Waals surface area (Å²) in [5.41, 5.74) is 6.94. The number of aromatic nitrogens is 5. The molecule has 0 saturated carbocycles. The zero-order valence-electron chi connectivity index (χ0n) is 13.7. The van der Waals surface area contributed by atoms with E-state index in [0.717, 1.165) is 0 Å². The van der Waals surface area contributed by atoms with E-state index in [4.69, 9.17) is 0 Å². The fourth-order valence-corrected chi connectivity index (χ4v) is 2.46. The van der Waals surface area contributed by atoms with Crippen molar-refractivity contribution in [1.82, 2.24) is 25.1 Å². The van der Waals surface area contributed by atoms with Gasteiger partial charge in [0.25, 0.3) is 0 Å². The molecule has 0 aromatic carbocycles. The van der Waals surface area contributed by atoms with E-state index in [9.17, 15) is 0 Å². The highest BCUT2D eigenvalue weighted by molar-refractivity contribution is 7.08. The topological polar surface area (TPSA) is 64.5 Å². The Hall–Kier alpha value is -2.33. The molecule has 5 heterocycles. The molecule has 0 radical (unpaired) electrons. The van der Waals surface area contributed by atoms with Crippen molar-refractivity contribution < 1.29 is 0 Å². The molecule has 5 nitrogen and oxygen atoms in total. The van der Waals surface area contributed by atoms with Crippen LogP contribution in [0.25, 0.3) is 0 Å². The summed E-state index contributed by atoms with van der Waals surface area (Å²) in [6.07, 6.45) is 7.04. The molecule has 0 saturated heterocycles. The van der Waals surface area contributed by atoms with Gasteiger partial charge < -0.3 is 0 Å². The second-order valence-electron chi connectivity index (χ2n) is 3.75. The Morgan fingerprint density at radius 3 is 1.12 bits per heavy atom. The summed E-state index contributed by atoms with van der Waals surface area (Å²) in [4.78, 5) is 11.3. The molecule has 0 N–H and O–H groups in total. The van der Waals surface area contributed by atoms with Gasteiger partial charge in [0.2, 0.25) is 0 Å². The summed E-state index contributed by atoms with van der Waals surface area (Å²) in [5, 5.41) is 14.9. The molecule has 0 fully saturated rings. The first-order valence-corrected chi connectivity index (χ1v) is 10.9. The maximum Gasteiger partial charge on any atom is 0.103 e. The number of thiazole rings is 2.